The van der Waals surface area contributed by atoms with E-state index in [1.165, 1.54) is 32.1 Å². The van der Waals surface area contributed by atoms with Gasteiger partial charge in [0, 0.05) is 0 Å². The van der Waals surface area contributed by atoms with Gasteiger partial charge in [-0.05, 0) is 93.8 Å². The minimum absolute atomic E-state index is 0.914. The first kappa shape index (κ1) is 14.7. The topological polar surface area (TPSA) is 0 Å². The molecule has 20 heavy (non-hydrogen) atoms. The highest BCUT2D eigenvalue weighted by Gasteiger charge is 2.34. The molecule has 0 aromatic heterocycles. The number of hydrogen-bond acceptors (Lipinski definition) is 0. The summed E-state index contributed by atoms with van der Waals surface area (Å²) < 4.78 is 0. The maximum absolute atomic E-state index is 2.50. The zero-order chi connectivity index (χ0) is 13.8. The van der Waals surface area contributed by atoms with Crippen molar-refractivity contribution in [2.45, 2.75) is 84.0 Å². The molecule has 0 radical (unpaired) electrons. The third-order valence-electron chi connectivity index (χ3n) is 6.38. The Morgan fingerprint density at radius 2 is 1.20 bits per heavy atom. The first-order valence-corrected chi connectivity index (χ1v) is 9.51. The van der Waals surface area contributed by atoms with Gasteiger partial charge in [-0.15, -0.1) is 0 Å². The Morgan fingerprint density at radius 3 is 1.70 bits per heavy atom. The second-order valence-electron chi connectivity index (χ2n) is 7.97. The summed E-state index contributed by atoms with van der Waals surface area (Å²) in [6.07, 6.45) is 23.0. The summed E-state index contributed by atoms with van der Waals surface area (Å²) in [5, 5.41) is 0. The lowest BCUT2D eigenvalue weighted by Gasteiger charge is -2.33. The van der Waals surface area contributed by atoms with Crippen LogP contribution in [-0.2, 0) is 0 Å². The second kappa shape index (κ2) is 7.14. The van der Waals surface area contributed by atoms with Crippen LogP contribution in [0, 0.1) is 29.6 Å². The summed E-state index contributed by atoms with van der Waals surface area (Å²) in [5.74, 6) is 5.39. The molecule has 0 bridgehead atoms. The fourth-order valence-corrected chi connectivity index (χ4v) is 4.88. The van der Waals surface area contributed by atoms with Crippen molar-refractivity contribution >= 4 is 0 Å². The van der Waals surface area contributed by atoms with Gasteiger partial charge in [-0.3, -0.25) is 0 Å². The highest BCUT2D eigenvalue weighted by molar-refractivity contribution is 4.91. The molecule has 0 nitrogen and oxygen atoms in total. The van der Waals surface area contributed by atoms with Crippen molar-refractivity contribution in [3.63, 3.8) is 0 Å². The van der Waals surface area contributed by atoms with Crippen LogP contribution in [0.15, 0.2) is 12.2 Å². The van der Waals surface area contributed by atoms with E-state index in [-0.39, 0.29) is 0 Å². The van der Waals surface area contributed by atoms with E-state index < -0.39 is 0 Å². The fraction of sp³-hybridized carbons (Fsp3) is 0.900. The summed E-state index contributed by atoms with van der Waals surface area (Å²) in [5.41, 5.74) is 0. The lowest BCUT2D eigenvalue weighted by Crippen LogP contribution is -2.21. The van der Waals surface area contributed by atoms with Gasteiger partial charge in [-0.25, -0.2) is 0 Å². The second-order valence-corrected chi connectivity index (χ2v) is 7.97. The number of allylic oxidation sites excluding steroid dienone is 2. The van der Waals surface area contributed by atoms with Gasteiger partial charge in [0.2, 0.25) is 0 Å². The fourth-order valence-electron chi connectivity index (χ4n) is 4.88. The lowest BCUT2D eigenvalue weighted by molar-refractivity contribution is 0.192. The lowest BCUT2D eigenvalue weighted by atomic mass is 9.72. The van der Waals surface area contributed by atoms with Crippen LogP contribution in [0.2, 0.25) is 0 Å². The summed E-state index contributed by atoms with van der Waals surface area (Å²) in [7, 11) is 0. The van der Waals surface area contributed by atoms with Gasteiger partial charge in [-0.2, -0.15) is 0 Å². The molecule has 3 aliphatic carbocycles. The number of hydrogen-bond donors (Lipinski definition) is 0. The average Bonchev–Trinajstić information content (AvgIpc) is 3.32. The van der Waals surface area contributed by atoms with Crippen molar-refractivity contribution in [2.75, 3.05) is 0 Å². The van der Waals surface area contributed by atoms with E-state index in [1.54, 1.807) is 44.9 Å². The number of rotatable bonds is 5. The maximum Gasteiger partial charge on any atom is -0.0233 e. The molecule has 0 unspecified atom stereocenters. The Kier molecular flexibility index (Phi) is 5.24. The van der Waals surface area contributed by atoms with Gasteiger partial charge in [0.05, 0.1) is 0 Å². The van der Waals surface area contributed by atoms with Gasteiger partial charge in [0.25, 0.3) is 0 Å². The molecule has 0 atom stereocenters. The van der Waals surface area contributed by atoms with Crippen LogP contribution < -0.4 is 0 Å². The molecule has 0 N–H and O–H groups in total. The highest BCUT2D eigenvalue weighted by Crippen LogP contribution is 2.46. The quantitative estimate of drug-likeness (QED) is 0.511. The largest absolute Gasteiger partial charge is 0.0885 e. The molecule has 0 aromatic carbocycles. The highest BCUT2D eigenvalue weighted by atomic mass is 14.4. The summed E-state index contributed by atoms with van der Waals surface area (Å²) in [4.78, 5) is 0. The molecule has 0 saturated heterocycles. The molecule has 3 fully saturated rings. The molecule has 0 aromatic rings. The Labute approximate surface area is 126 Å². The van der Waals surface area contributed by atoms with Crippen LogP contribution in [0.4, 0.5) is 0 Å². The van der Waals surface area contributed by atoms with E-state index in [2.05, 4.69) is 19.1 Å². The molecule has 0 amide bonds. The average molecular weight is 274 g/mol. The Hall–Kier alpha value is -0.260. The summed E-state index contributed by atoms with van der Waals surface area (Å²) >= 11 is 0. The van der Waals surface area contributed by atoms with Gasteiger partial charge in [0.15, 0.2) is 0 Å². The SMILES string of the molecule is CC/C=C/C1CCC(CC2CCC(C3CC3)CC2)CC1. The van der Waals surface area contributed by atoms with E-state index in [1.807, 2.05) is 0 Å². The summed E-state index contributed by atoms with van der Waals surface area (Å²) in [6.45, 7) is 2.25. The third kappa shape index (κ3) is 4.12. The van der Waals surface area contributed by atoms with Gasteiger partial charge >= 0.3 is 0 Å². The monoisotopic (exact) mass is 274 g/mol. The van der Waals surface area contributed by atoms with Crippen molar-refractivity contribution in [3.8, 4) is 0 Å². The van der Waals surface area contributed by atoms with Gasteiger partial charge < -0.3 is 0 Å². The van der Waals surface area contributed by atoms with E-state index in [4.69, 9.17) is 0 Å². The van der Waals surface area contributed by atoms with Crippen LogP contribution in [0.25, 0.3) is 0 Å². The molecule has 0 aliphatic heterocycles. The molecular weight excluding hydrogens is 240 g/mol. The van der Waals surface area contributed by atoms with Crippen molar-refractivity contribution in [1.82, 2.24) is 0 Å². The Bertz CT molecular complexity index is 296. The molecule has 3 saturated carbocycles. The van der Waals surface area contributed by atoms with E-state index in [0.717, 1.165) is 29.6 Å². The Morgan fingerprint density at radius 1 is 0.700 bits per heavy atom. The maximum atomic E-state index is 2.50. The molecular formula is C20H34. The normalized spacial score (nSPS) is 39.2. The van der Waals surface area contributed by atoms with Gasteiger partial charge in [-0.1, -0.05) is 31.9 Å². The van der Waals surface area contributed by atoms with Gasteiger partial charge in [0.1, 0.15) is 0 Å². The molecule has 114 valence electrons. The van der Waals surface area contributed by atoms with Crippen molar-refractivity contribution in [1.29, 1.82) is 0 Å². The van der Waals surface area contributed by atoms with Crippen LogP contribution in [0.1, 0.15) is 84.0 Å². The van der Waals surface area contributed by atoms with Crippen LogP contribution in [0.3, 0.4) is 0 Å². The van der Waals surface area contributed by atoms with E-state index in [0.29, 0.717) is 0 Å². The van der Waals surface area contributed by atoms with Crippen LogP contribution in [-0.4, -0.2) is 0 Å². The van der Waals surface area contributed by atoms with Crippen molar-refractivity contribution < 1.29 is 0 Å². The standard InChI is InChI=1S/C20H34/c1-2-3-4-16-5-7-17(8-6-16)15-18-9-11-19(12-10-18)20-13-14-20/h3-4,16-20H,2,5-15H2,1H3/b4-3+. The smallest absolute Gasteiger partial charge is 0.0233 e. The third-order valence-corrected chi connectivity index (χ3v) is 6.38. The molecule has 0 spiro atoms. The predicted molar refractivity (Wildman–Crippen MR) is 87.7 cm³/mol. The zero-order valence-corrected chi connectivity index (χ0v) is 13.5. The Balaban J connectivity index is 1.34. The summed E-state index contributed by atoms with van der Waals surface area (Å²) in [6, 6.07) is 0. The first-order valence-electron chi connectivity index (χ1n) is 9.51. The van der Waals surface area contributed by atoms with Crippen molar-refractivity contribution in [2.24, 2.45) is 29.6 Å². The minimum Gasteiger partial charge on any atom is -0.0885 e. The van der Waals surface area contributed by atoms with E-state index >= 15 is 0 Å². The predicted octanol–water partition coefficient (Wildman–Crippen LogP) is 6.37. The molecule has 0 heterocycles. The van der Waals surface area contributed by atoms with Crippen molar-refractivity contribution in [3.05, 3.63) is 12.2 Å². The zero-order valence-electron chi connectivity index (χ0n) is 13.5. The minimum atomic E-state index is 0.914. The molecule has 3 rings (SSSR count). The van der Waals surface area contributed by atoms with Crippen LogP contribution in [0.5, 0.6) is 0 Å². The van der Waals surface area contributed by atoms with E-state index in [9.17, 15) is 0 Å². The molecule has 0 heteroatoms. The molecule has 3 aliphatic rings. The first-order chi connectivity index (χ1) is 9.85. The van der Waals surface area contributed by atoms with Crippen LogP contribution >= 0.6 is 0 Å².